The SMILES string of the molecule is CCc1ccc(N(c2ccc(CC)cc2)c2ccc3c4cc5c(cc4n4c6ccc(C(C)(C)C)cc6c2c34)c2ccc(N(c3ccc(CC)cc3)c3ccc(CC)cc3)c3c4cc(C(C)(C)C)ccc4n5c23)cc1. The lowest BCUT2D eigenvalue weighted by Crippen LogP contribution is -2.11. The first-order chi connectivity index (χ1) is 35.8. The molecule has 9 aromatic carbocycles. The van der Waals surface area contributed by atoms with Gasteiger partial charge >= 0.3 is 0 Å². The number of nitrogens with zero attached hydrogens (tertiary/aromatic N) is 4. The zero-order valence-electron chi connectivity index (χ0n) is 44.8. The van der Waals surface area contributed by atoms with Crippen molar-refractivity contribution in [3.8, 4) is 0 Å². The van der Waals surface area contributed by atoms with E-state index in [1.165, 1.54) is 121 Å². The van der Waals surface area contributed by atoms with Crippen molar-refractivity contribution in [1.82, 2.24) is 8.80 Å². The first-order valence-electron chi connectivity index (χ1n) is 27.2. The molecule has 0 radical (unpaired) electrons. The summed E-state index contributed by atoms with van der Waals surface area (Å²) in [6.45, 7) is 22.9. The Morgan fingerprint density at radius 1 is 0.311 bits per heavy atom. The highest BCUT2D eigenvalue weighted by Gasteiger charge is 2.29. The van der Waals surface area contributed by atoms with Gasteiger partial charge in [0.25, 0.3) is 0 Å². The lowest BCUT2D eigenvalue weighted by molar-refractivity contribution is 0.591. The maximum absolute atomic E-state index is 2.60. The topological polar surface area (TPSA) is 15.3 Å². The van der Waals surface area contributed by atoms with Crippen LogP contribution in [0.5, 0.6) is 0 Å². The van der Waals surface area contributed by atoms with Crippen molar-refractivity contribution < 1.29 is 0 Å². The Hall–Kier alpha value is -7.82. The molecule has 13 rings (SSSR count). The molecule has 4 heterocycles. The minimum atomic E-state index is -0.0240. The van der Waals surface area contributed by atoms with Crippen molar-refractivity contribution in [2.75, 3.05) is 9.80 Å². The number of hydrogen-bond acceptors (Lipinski definition) is 2. The Morgan fingerprint density at radius 2 is 0.622 bits per heavy atom. The average Bonchev–Trinajstić information content (AvgIpc) is 4.15. The smallest absolute Gasteiger partial charge is 0.0641 e. The van der Waals surface area contributed by atoms with Gasteiger partial charge in [-0.15, -0.1) is 0 Å². The maximum Gasteiger partial charge on any atom is 0.0641 e. The molecule has 0 unspecified atom stereocenters. The molecule has 0 N–H and O–H groups in total. The van der Waals surface area contributed by atoms with Crippen LogP contribution in [-0.2, 0) is 36.5 Å². The molecule has 0 aliphatic rings. The fourth-order valence-electron chi connectivity index (χ4n) is 12.3. The molecular formula is C70H66N4. The summed E-state index contributed by atoms with van der Waals surface area (Å²) < 4.78 is 5.19. The van der Waals surface area contributed by atoms with Gasteiger partial charge in [-0.2, -0.15) is 0 Å². The minimum Gasteiger partial charge on any atom is -0.310 e. The second kappa shape index (κ2) is 16.9. The van der Waals surface area contributed by atoms with Gasteiger partial charge in [0.2, 0.25) is 0 Å². The Morgan fingerprint density at radius 3 is 0.905 bits per heavy atom. The number of fused-ring (bicyclic) bond motifs is 12. The highest BCUT2D eigenvalue weighted by atomic mass is 15.2. The van der Waals surface area contributed by atoms with Crippen LogP contribution in [0.15, 0.2) is 170 Å². The molecular weight excluding hydrogens is 897 g/mol. The highest BCUT2D eigenvalue weighted by Crippen LogP contribution is 2.52. The second-order valence-electron chi connectivity index (χ2n) is 23.0. The van der Waals surface area contributed by atoms with Crippen molar-refractivity contribution in [1.29, 1.82) is 0 Å². The lowest BCUT2D eigenvalue weighted by atomic mass is 9.86. The first kappa shape index (κ1) is 46.0. The Bertz CT molecular complexity index is 3890. The lowest BCUT2D eigenvalue weighted by Gasteiger charge is -2.27. The molecule has 0 atom stereocenters. The Kier molecular flexibility index (Phi) is 10.5. The van der Waals surface area contributed by atoms with E-state index in [-0.39, 0.29) is 10.8 Å². The predicted octanol–water partition coefficient (Wildman–Crippen LogP) is 19.8. The summed E-state index contributed by atoms with van der Waals surface area (Å²) in [5, 5.41) is 10.2. The Labute approximate surface area is 435 Å². The summed E-state index contributed by atoms with van der Waals surface area (Å²) in [4.78, 5) is 4.99. The summed E-state index contributed by atoms with van der Waals surface area (Å²) >= 11 is 0. The molecule has 0 bridgehead atoms. The molecule has 0 aliphatic heterocycles. The van der Waals surface area contributed by atoms with Gasteiger partial charge in [0.05, 0.1) is 44.5 Å². The number of aryl methyl sites for hydroxylation is 4. The van der Waals surface area contributed by atoms with Gasteiger partial charge in [0.1, 0.15) is 0 Å². The van der Waals surface area contributed by atoms with Crippen LogP contribution in [0, 0.1) is 0 Å². The molecule has 4 aromatic heterocycles. The van der Waals surface area contributed by atoms with Crippen LogP contribution in [0.4, 0.5) is 34.1 Å². The quantitative estimate of drug-likeness (QED) is 0.136. The van der Waals surface area contributed by atoms with E-state index in [2.05, 4.69) is 258 Å². The summed E-state index contributed by atoms with van der Waals surface area (Å²) in [7, 11) is 0. The van der Waals surface area contributed by atoms with Crippen LogP contribution < -0.4 is 9.80 Å². The summed E-state index contributed by atoms with van der Waals surface area (Å²) in [6, 6.07) is 66.0. The Balaban J connectivity index is 1.13. The van der Waals surface area contributed by atoms with E-state index in [0.29, 0.717) is 0 Å². The maximum atomic E-state index is 2.60. The monoisotopic (exact) mass is 963 g/mol. The van der Waals surface area contributed by atoms with Crippen LogP contribution in [0.2, 0.25) is 0 Å². The largest absolute Gasteiger partial charge is 0.310 e. The minimum absolute atomic E-state index is 0.0240. The van der Waals surface area contributed by atoms with E-state index in [9.17, 15) is 0 Å². The molecule has 0 aliphatic carbocycles. The van der Waals surface area contributed by atoms with Gasteiger partial charge in [-0.25, -0.2) is 0 Å². The summed E-state index contributed by atoms with van der Waals surface area (Å²) in [5.74, 6) is 0. The fourth-order valence-corrected chi connectivity index (χ4v) is 12.3. The van der Waals surface area contributed by atoms with E-state index in [4.69, 9.17) is 0 Å². The number of rotatable bonds is 10. The normalized spacial score (nSPS) is 12.7. The van der Waals surface area contributed by atoms with Gasteiger partial charge in [-0.1, -0.05) is 142 Å². The molecule has 4 heteroatoms. The third kappa shape index (κ3) is 6.94. The van der Waals surface area contributed by atoms with Crippen molar-refractivity contribution in [3.63, 3.8) is 0 Å². The van der Waals surface area contributed by atoms with Gasteiger partial charge in [-0.3, -0.25) is 0 Å². The van der Waals surface area contributed by atoms with Gasteiger partial charge < -0.3 is 18.6 Å². The number of hydrogen-bond donors (Lipinski definition) is 0. The molecule has 366 valence electrons. The number of benzene rings is 9. The molecule has 0 saturated heterocycles. The first-order valence-corrected chi connectivity index (χ1v) is 27.2. The van der Waals surface area contributed by atoms with Crippen LogP contribution in [0.25, 0.3) is 76.2 Å². The molecule has 4 nitrogen and oxygen atoms in total. The van der Waals surface area contributed by atoms with Crippen molar-refractivity contribution in [3.05, 3.63) is 203 Å². The van der Waals surface area contributed by atoms with E-state index >= 15 is 0 Å². The third-order valence-corrected chi connectivity index (χ3v) is 16.6. The molecule has 74 heavy (non-hydrogen) atoms. The van der Waals surface area contributed by atoms with Crippen LogP contribution >= 0.6 is 0 Å². The zero-order chi connectivity index (χ0) is 50.9. The molecule has 0 spiro atoms. The molecule has 0 fully saturated rings. The molecule has 0 amide bonds. The van der Waals surface area contributed by atoms with Crippen molar-refractivity contribution in [2.24, 2.45) is 0 Å². The average molecular weight is 963 g/mol. The number of anilines is 6. The van der Waals surface area contributed by atoms with E-state index in [1.807, 2.05) is 0 Å². The second-order valence-corrected chi connectivity index (χ2v) is 23.0. The van der Waals surface area contributed by atoms with Crippen LogP contribution in [-0.4, -0.2) is 8.80 Å². The van der Waals surface area contributed by atoms with Crippen molar-refractivity contribution in [2.45, 2.75) is 106 Å². The summed E-state index contributed by atoms with van der Waals surface area (Å²) in [6.07, 6.45) is 4.01. The van der Waals surface area contributed by atoms with E-state index in [1.54, 1.807) is 0 Å². The van der Waals surface area contributed by atoms with Gasteiger partial charge in [0, 0.05) is 65.8 Å². The fraction of sp³-hybridized carbons (Fsp3) is 0.229. The van der Waals surface area contributed by atoms with Gasteiger partial charge in [-0.05, 0) is 167 Å². The van der Waals surface area contributed by atoms with Crippen LogP contribution in [0.3, 0.4) is 0 Å². The summed E-state index contributed by atoms with van der Waals surface area (Å²) in [5.41, 5.74) is 22.5. The molecule has 0 saturated carbocycles. The van der Waals surface area contributed by atoms with E-state index < -0.39 is 0 Å². The molecule has 13 aromatic rings. The van der Waals surface area contributed by atoms with Crippen LogP contribution in [0.1, 0.15) is 103 Å². The standard InChI is InChI=1S/C70H66N4/c1-11-43-15-25-49(26-16-43)71(50-27-17-44(12-2)18-28-50)61-37-33-53-55-41-64-56(42-63(55)73-59-35-23-47(69(5,6)7)39-57(59)65(61)67(53)73)54-34-38-62(66-58-40-48(70(8,9)10)24-36-60(58)74(64)68(54)66)72(51-29-19-45(13-3)20-30-51)52-31-21-46(14-4)22-32-52/h15-42H,11-14H2,1-10H3. The number of aromatic nitrogens is 2. The van der Waals surface area contributed by atoms with E-state index in [0.717, 1.165) is 48.4 Å². The predicted molar refractivity (Wildman–Crippen MR) is 320 cm³/mol. The third-order valence-electron chi connectivity index (χ3n) is 16.6. The van der Waals surface area contributed by atoms with Crippen molar-refractivity contribution >= 4 is 110 Å². The van der Waals surface area contributed by atoms with Gasteiger partial charge in [0.15, 0.2) is 0 Å². The highest BCUT2D eigenvalue weighted by molar-refractivity contribution is 6.32. The zero-order valence-corrected chi connectivity index (χ0v) is 44.8.